The fraction of sp³-hybridized carbons (Fsp3) is 0.500. The molecule has 2 heterocycles. The summed E-state index contributed by atoms with van der Waals surface area (Å²) >= 11 is 3.44. The summed E-state index contributed by atoms with van der Waals surface area (Å²) in [5.74, 6) is 0. The molecule has 6 nitrogen and oxygen atoms in total. The number of halogens is 1. The number of hydrogen-bond donors (Lipinski definition) is 1. The molecule has 0 radical (unpaired) electrons. The average Bonchev–Trinajstić information content (AvgIpc) is 2.92. The van der Waals surface area contributed by atoms with Crippen LogP contribution in [0.3, 0.4) is 0 Å². The maximum Gasteiger partial charge on any atom is 0.415 e. The van der Waals surface area contributed by atoms with E-state index in [-0.39, 0.29) is 24.8 Å². The number of carbonyl (C=O) groups excluding carboxylic acids is 2. The average molecular weight is 383 g/mol. The van der Waals surface area contributed by atoms with Gasteiger partial charge in [0.15, 0.2) is 0 Å². The van der Waals surface area contributed by atoms with Gasteiger partial charge in [-0.2, -0.15) is 0 Å². The number of nitrogens with one attached hydrogen (secondary N) is 1. The molecule has 0 aliphatic carbocycles. The lowest BCUT2D eigenvalue weighted by Crippen LogP contribution is -2.42. The van der Waals surface area contributed by atoms with Gasteiger partial charge in [0.05, 0.1) is 18.3 Å². The number of rotatable bonds is 2. The number of alkyl carbamates (subject to hydrolysis) is 1. The van der Waals surface area contributed by atoms with E-state index in [0.717, 1.165) is 15.7 Å². The van der Waals surface area contributed by atoms with Crippen molar-refractivity contribution in [3.05, 3.63) is 28.2 Å². The Balaban J connectivity index is 1.66. The molecule has 0 saturated carbocycles. The number of nitrogens with zero attached hydrogens (tertiary/aromatic N) is 1. The van der Waals surface area contributed by atoms with Gasteiger partial charge in [0.2, 0.25) is 0 Å². The maximum atomic E-state index is 12.1. The van der Waals surface area contributed by atoms with Crippen molar-refractivity contribution >= 4 is 33.8 Å². The number of carbonyl (C=O) groups is 2. The molecule has 124 valence electrons. The van der Waals surface area contributed by atoms with Crippen LogP contribution < -0.4 is 10.2 Å². The van der Waals surface area contributed by atoms with Crippen LogP contribution in [0.2, 0.25) is 0 Å². The highest BCUT2D eigenvalue weighted by Gasteiger charge is 2.47. The molecular formula is C16H19BrN2O4. The molecule has 7 heteroatoms. The van der Waals surface area contributed by atoms with E-state index in [1.807, 2.05) is 18.2 Å². The fourth-order valence-electron chi connectivity index (χ4n) is 2.92. The van der Waals surface area contributed by atoms with E-state index in [4.69, 9.17) is 9.47 Å². The van der Waals surface area contributed by atoms with Crippen LogP contribution in [-0.2, 0) is 15.9 Å². The molecule has 2 aliphatic heterocycles. The zero-order valence-electron chi connectivity index (χ0n) is 13.3. The molecule has 0 spiro atoms. The quantitative estimate of drug-likeness (QED) is 0.852. The summed E-state index contributed by atoms with van der Waals surface area (Å²) in [6.45, 7) is 5.64. The number of ether oxygens (including phenoxy) is 2. The molecule has 1 N–H and O–H groups in total. The highest BCUT2D eigenvalue weighted by Crippen LogP contribution is 2.39. The Labute approximate surface area is 143 Å². The second kappa shape index (κ2) is 5.70. The van der Waals surface area contributed by atoms with Crippen molar-refractivity contribution in [3.63, 3.8) is 0 Å². The third-order valence-corrected chi connectivity index (χ3v) is 4.28. The number of amides is 2. The first-order chi connectivity index (χ1) is 10.7. The Morgan fingerprint density at radius 1 is 1.48 bits per heavy atom. The Morgan fingerprint density at radius 2 is 2.22 bits per heavy atom. The third kappa shape index (κ3) is 3.29. The second-order valence-electron chi connectivity index (χ2n) is 6.72. The number of hydrogen-bond acceptors (Lipinski definition) is 4. The Morgan fingerprint density at radius 3 is 2.91 bits per heavy atom. The van der Waals surface area contributed by atoms with E-state index in [2.05, 4.69) is 21.2 Å². The molecule has 1 aromatic rings. The van der Waals surface area contributed by atoms with Gasteiger partial charge < -0.3 is 14.8 Å². The van der Waals surface area contributed by atoms with Gasteiger partial charge in [-0.15, -0.1) is 0 Å². The molecule has 0 unspecified atom stereocenters. The highest BCUT2D eigenvalue weighted by atomic mass is 79.9. The van der Waals surface area contributed by atoms with Gasteiger partial charge in [0.25, 0.3) is 0 Å². The van der Waals surface area contributed by atoms with Crippen molar-refractivity contribution in [1.82, 2.24) is 5.32 Å². The summed E-state index contributed by atoms with van der Waals surface area (Å²) in [4.78, 5) is 25.6. The van der Waals surface area contributed by atoms with Crippen LogP contribution in [0.15, 0.2) is 22.7 Å². The van der Waals surface area contributed by atoms with Gasteiger partial charge in [0.1, 0.15) is 11.7 Å². The van der Waals surface area contributed by atoms with E-state index < -0.39 is 11.7 Å². The van der Waals surface area contributed by atoms with Gasteiger partial charge >= 0.3 is 12.2 Å². The second-order valence-corrected chi connectivity index (χ2v) is 7.64. The molecule has 23 heavy (non-hydrogen) atoms. The smallest absolute Gasteiger partial charge is 0.415 e. The van der Waals surface area contributed by atoms with Gasteiger partial charge in [-0.1, -0.05) is 15.9 Å². The van der Waals surface area contributed by atoms with E-state index in [9.17, 15) is 9.59 Å². The van der Waals surface area contributed by atoms with E-state index in [1.54, 1.807) is 25.7 Å². The van der Waals surface area contributed by atoms with Crippen molar-refractivity contribution in [1.29, 1.82) is 0 Å². The topological polar surface area (TPSA) is 67.9 Å². The Hall–Kier alpha value is -1.76. The van der Waals surface area contributed by atoms with Crippen molar-refractivity contribution in [3.8, 4) is 0 Å². The van der Waals surface area contributed by atoms with Crippen LogP contribution in [0.1, 0.15) is 26.3 Å². The van der Waals surface area contributed by atoms with Crippen LogP contribution in [-0.4, -0.2) is 36.5 Å². The van der Waals surface area contributed by atoms with Gasteiger partial charge in [-0.3, -0.25) is 4.90 Å². The first-order valence-corrected chi connectivity index (χ1v) is 8.29. The summed E-state index contributed by atoms with van der Waals surface area (Å²) in [6, 6.07) is 5.73. The first kappa shape index (κ1) is 16.1. The Kier molecular flexibility index (Phi) is 4.00. The number of fused-ring (bicyclic) bond motifs is 3. The lowest BCUT2D eigenvalue weighted by Gasteiger charge is -2.21. The molecular weight excluding hydrogens is 364 g/mol. The lowest BCUT2D eigenvalue weighted by atomic mass is 10.1. The molecule has 0 aromatic heterocycles. The minimum absolute atomic E-state index is 0.0956. The van der Waals surface area contributed by atoms with Crippen molar-refractivity contribution in [2.75, 3.05) is 11.4 Å². The minimum atomic E-state index is -0.557. The Bertz CT molecular complexity index is 656. The molecule has 3 rings (SSSR count). The molecule has 2 amide bonds. The van der Waals surface area contributed by atoms with Crippen LogP contribution >= 0.6 is 15.9 Å². The summed E-state index contributed by atoms with van der Waals surface area (Å²) in [5.41, 5.74) is 1.42. The number of benzene rings is 1. The van der Waals surface area contributed by atoms with Gasteiger partial charge in [-0.25, -0.2) is 9.59 Å². The zero-order valence-corrected chi connectivity index (χ0v) is 14.8. The van der Waals surface area contributed by atoms with Crippen molar-refractivity contribution in [2.45, 2.75) is 44.9 Å². The third-order valence-electron chi connectivity index (χ3n) is 3.79. The summed E-state index contributed by atoms with van der Waals surface area (Å²) in [5, 5.41) is 2.68. The summed E-state index contributed by atoms with van der Waals surface area (Å²) < 4.78 is 11.6. The molecule has 2 atom stereocenters. The van der Waals surface area contributed by atoms with Crippen LogP contribution in [0.4, 0.5) is 15.3 Å². The monoisotopic (exact) mass is 382 g/mol. The zero-order chi connectivity index (χ0) is 16.8. The summed E-state index contributed by atoms with van der Waals surface area (Å²) in [6.07, 6.45) is -0.556. The van der Waals surface area contributed by atoms with Gasteiger partial charge in [-0.05, 0) is 51.0 Å². The lowest BCUT2D eigenvalue weighted by molar-refractivity contribution is 0.0489. The van der Waals surface area contributed by atoms with Crippen molar-refractivity contribution < 1.29 is 19.1 Å². The minimum Gasteiger partial charge on any atom is -0.444 e. The van der Waals surface area contributed by atoms with E-state index in [1.165, 1.54) is 0 Å². The normalized spacial score (nSPS) is 22.4. The number of anilines is 1. The summed E-state index contributed by atoms with van der Waals surface area (Å²) in [7, 11) is 0. The standard InChI is InChI=1S/C16H19BrN2O4/c1-16(2,3)23-14(20)18-8-13-12-7-9-6-10(17)4-5-11(9)19(12)15(21)22-13/h4-6,12-13H,7-8H2,1-3H3,(H,18,20)/t12-,13-/m0/s1. The maximum absolute atomic E-state index is 12.1. The molecule has 1 fully saturated rings. The van der Waals surface area contributed by atoms with E-state index >= 15 is 0 Å². The first-order valence-electron chi connectivity index (χ1n) is 7.50. The molecule has 1 saturated heterocycles. The highest BCUT2D eigenvalue weighted by molar-refractivity contribution is 9.10. The molecule has 1 aromatic carbocycles. The van der Waals surface area contributed by atoms with E-state index in [0.29, 0.717) is 6.42 Å². The fourth-order valence-corrected chi connectivity index (χ4v) is 3.33. The van der Waals surface area contributed by atoms with Crippen LogP contribution in [0, 0.1) is 0 Å². The SMILES string of the molecule is CC(C)(C)OC(=O)NC[C@@H]1OC(=O)N2c3ccc(Br)cc3C[C@@H]12. The predicted octanol–water partition coefficient (Wildman–Crippen LogP) is 3.22. The molecule has 0 bridgehead atoms. The molecule has 2 aliphatic rings. The van der Waals surface area contributed by atoms with Crippen molar-refractivity contribution in [2.24, 2.45) is 0 Å². The van der Waals surface area contributed by atoms with Crippen LogP contribution in [0.25, 0.3) is 0 Å². The van der Waals surface area contributed by atoms with Gasteiger partial charge in [0, 0.05) is 4.47 Å². The number of cyclic esters (lactones) is 1. The van der Waals surface area contributed by atoms with Crippen LogP contribution in [0.5, 0.6) is 0 Å². The predicted molar refractivity (Wildman–Crippen MR) is 88.6 cm³/mol. The largest absolute Gasteiger partial charge is 0.444 e.